The lowest BCUT2D eigenvalue weighted by molar-refractivity contribution is -0.138. The molecule has 5 heteroatoms. The summed E-state index contributed by atoms with van der Waals surface area (Å²) in [7, 11) is 0. The van der Waals surface area contributed by atoms with Crippen LogP contribution in [0.4, 0.5) is 0 Å². The first-order chi connectivity index (χ1) is 7.07. The Morgan fingerprint density at radius 3 is 2.73 bits per heavy atom. The zero-order valence-corrected chi connectivity index (χ0v) is 8.60. The topological polar surface area (TPSA) is 102 Å². The summed E-state index contributed by atoms with van der Waals surface area (Å²) in [6, 6.07) is -0.795. The Hall–Kier alpha value is -1.62. The fraction of sp³-hybridized carbons (Fsp3) is 0.400. The van der Waals surface area contributed by atoms with Gasteiger partial charge in [-0.1, -0.05) is 18.7 Å². The zero-order chi connectivity index (χ0) is 11.7. The fourth-order valence-electron chi connectivity index (χ4n) is 0.814. The Labute approximate surface area is 89.2 Å². The highest BCUT2D eigenvalue weighted by atomic mass is 16.4. The maximum absolute atomic E-state index is 10.3. The number of aliphatic carboxylic acids is 1. The second-order valence-electron chi connectivity index (χ2n) is 2.96. The SMILES string of the molecule is C=CC(N)=NC/C=C/CC[C@H](N)C(=O)O. The molecule has 84 valence electrons. The molecule has 0 aromatic carbocycles. The van der Waals surface area contributed by atoms with Gasteiger partial charge in [-0.05, 0) is 18.9 Å². The second kappa shape index (κ2) is 7.75. The van der Waals surface area contributed by atoms with Crippen molar-refractivity contribution in [2.45, 2.75) is 18.9 Å². The number of nitrogens with two attached hydrogens (primary N) is 2. The van der Waals surface area contributed by atoms with Gasteiger partial charge in [0.2, 0.25) is 0 Å². The molecular weight excluding hydrogens is 194 g/mol. The van der Waals surface area contributed by atoms with E-state index < -0.39 is 12.0 Å². The van der Waals surface area contributed by atoms with Crippen molar-refractivity contribution in [2.24, 2.45) is 16.5 Å². The largest absolute Gasteiger partial charge is 0.480 e. The standard InChI is InChI=1S/C10H17N3O2/c1-2-9(12)13-7-5-3-4-6-8(11)10(14)15/h2-3,5,8H,1,4,6-7,11H2,(H2,12,13)(H,14,15)/b5-3+/t8-/m0/s1. The van der Waals surface area contributed by atoms with Gasteiger partial charge in [0.05, 0.1) is 6.54 Å². The molecule has 0 aliphatic carbocycles. The molecule has 0 aliphatic heterocycles. The van der Waals surface area contributed by atoms with E-state index in [4.69, 9.17) is 16.6 Å². The van der Waals surface area contributed by atoms with Crippen LogP contribution in [0.15, 0.2) is 29.8 Å². The predicted molar refractivity (Wildman–Crippen MR) is 60.7 cm³/mol. The third-order valence-electron chi connectivity index (χ3n) is 1.72. The molecule has 0 bridgehead atoms. The van der Waals surface area contributed by atoms with E-state index in [9.17, 15) is 4.79 Å². The van der Waals surface area contributed by atoms with Gasteiger partial charge in [0, 0.05) is 0 Å². The number of hydrogen-bond acceptors (Lipinski definition) is 3. The van der Waals surface area contributed by atoms with E-state index in [-0.39, 0.29) is 0 Å². The van der Waals surface area contributed by atoms with Crippen molar-refractivity contribution in [1.82, 2.24) is 0 Å². The highest BCUT2D eigenvalue weighted by Crippen LogP contribution is 1.95. The first-order valence-electron chi connectivity index (χ1n) is 4.63. The molecule has 0 aromatic heterocycles. The molecule has 0 amide bonds. The van der Waals surface area contributed by atoms with Crippen LogP contribution in [0.3, 0.4) is 0 Å². The maximum atomic E-state index is 10.3. The Morgan fingerprint density at radius 1 is 1.53 bits per heavy atom. The Morgan fingerprint density at radius 2 is 2.20 bits per heavy atom. The molecule has 0 aliphatic rings. The highest BCUT2D eigenvalue weighted by molar-refractivity contribution is 5.90. The van der Waals surface area contributed by atoms with Crippen LogP contribution < -0.4 is 11.5 Å². The quantitative estimate of drug-likeness (QED) is 0.320. The first kappa shape index (κ1) is 13.4. The molecular formula is C10H17N3O2. The van der Waals surface area contributed by atoms with Gasteiger partial charge < -0.3 is 16.6 Å². The number of carboxylic acid groups (broad SMARTS) is 1. The van der Waals surface area contributed by atoms with Crippen LogP contribution in [-0.2, 0) is 4.79 Å². The number of carbonyl (C=O) groups is 1. The monoisotopic (exact) mass is 211 g/mol. The van der Waals surface area contributed by atoms with Crippen molar-refractivity contribution in [2.75, 3.05) is 6.54 Å². The molecule has 15 heavy (non-hydrogen) atoms. The number of aliphatic imine (C=N–C) groups is 1. The lowest BCUT2D eigenvalue weighted by Gasteiger charge is -2.01. The normalized spacial score (nSPS) is 14.1. The van der Waals surface area contributed by atoms with E-state index >= 15 is 0 Å². The summed E-state index contributed by atoms with van der Waals surface area (Å²) < 4.78 is 0. The van der Waals surface area contributed by atoms with Crippen LogP contribution in [0.2, 0.25) is 0 Å². The third kappa shape index (κ3) is 7.45. The zero-order valence-electron chi connectivity index (χ0n) is 8.60. The fourth-order valence-corrected chi connectivity index (χ4v) is 0.814. The van der Waals surface area contributed by atoms with Crippen molar-refractivity contribution < 1.29 is 9.90 Å². The summed E-state index contributed by atoms with van der Waals surface area (Å²) in [5, 5.41) is 8.49. The molecule has 0 rings (SSSR count). The molecule has 0 saturated heterocycles. The van der Waals surface area contributed by atoms with Crippen molar-refractivity contribution in [1.29, 1.82) is 0 Å². The van der Waals surface area contributed by atoms with E-state index in [0.717, 1.165) is 0 Å². The summed E-state index contributed by atoms with van der Waals surface area (Å²) in [5.41, 5.74) is 10.7. The van der Waals surface area contributed by atoms with Crippen LogP contribution in [0, 0.1) is 0 Å². The minimum absolute atomic E-state index is 0.391. The highest BCUT2D eigenvalue weighted by Gasteiger charge is 2.08. The molecule has 0 fully saturated rings. The van der Waals surface area contributed by atoms with E-state index in [1.165, 1.54) is 6.08 Å². The lowest BCUT2D eigenvalue weighted by Crippen LogP contribution is -2.29. The molecule has 5 N–H and O–H groups in total. The van der Waals surface area contributed by atoms with Crippen LogP contribution in [0.25, 0.3) is 0 Å². The number of allylic oxidation sites excluding steroid dienone is 1. The van der Waals surface area contributed by atoms with Crippen LogP contribution in [-0.4, -0.2) is 29.5 Å². The number of rotatable bonds is 7. The van der Waals surface area contributed by atoms with Gasteiger partial charge in [-0.2, -0.15) is 0 Å². The first-order valence-corrected chi connectivity index (χ1v) is 4.63. The average Bonchev–Trinajstić information content (AvgIpc) is 2.22. The van der Waals surface area contributed by atoms with E-state index in [1.807, 2.05) is 12.2 Å². The van der Waals surface area contributed by atoms with E-state index in [0.29, 0.717) is 25.2 Å². The van der Waals surface area contributed by atoms with Gasteiger partial charge in [0.15, 0.2) is 0 Å². The summed E-state index contributed by atoms with van der Waals surface area (Å²) in [5.74, 6) is -0.584. The molecule has 1 atom stereocenters. The molecule has 0 aromatic rings. The average molecular weight is 211 g/mol. The van der Waals surface area contributed by atoms with Crippen LogP contribution in [0.5, 0.6) is 0 Å². The maximum Gasteiger partial charge on any atom is 0.320 e. The van der Waals surface area contributed by atoms with Crippen LogP contribution >= 0.6 is 0 Å². The molecule has 0 radical (unpaired) electrons. The van der Waals surface area contributed by atoms with Gasteiger partial charge in [-0.15, -0.1) is 0 Å². The summed E-state index contributed by atoms with van der Waals surface area (Å²) in [4.78, 5) is 14.3. The van der Waals surface area contributed by atoms with Crippen molar-refractivity contribution >= 4 is 11.8 Å². The second-order valence-corrected chi connectivity index (χ2v) is 2.96. The number of carboxylic acids is 1. The van der Waals surface area contributed by atoms with Gasteiger partial charge in [0.1, 0.15) is 11.9 Å². The van der Waals surface area contributed by atoms with Gasteiger partial charge >= 0.3 is 5.97 Å². The molecule has 5 nitrogen and oxygen atoms in total. The number of hydrogen-bond donors (Lipinski definition) is 3. The minimum atomic E-state index is -0.975. The summed E-state index contributed by atoms with van der Waals surface area (Å²) in [6.07, 6.45) is 6.16. The van der Waals surface area contributed by atoms with Crippen LogP contribution in [0.1, 0.15) is 12.8 Å². The van der Waals surface area contributed by atoms with Gasteiger partial charge in [-0.25, -0.2) is 0 Å². The molecule has 0 spiro atoms. The Bertz CT molecular complexity index is 272. The molecule has 0 saturated carbocycles. The lowest BCUT2D eigenvalue weighted by atomic mass is 10.1. The van der Waals surface area contributed by atoms with E-state index in [1.54, 1.807) is 0 Å². The van der Waals surface area contributed by atoms with Crippen molar-refractivity contribution in [3.05, 3.63) is 24.8 Å². The van der Waals surface area contributed by atoms with Crippen molar-refractivity contribution in [3.63, 3.8) is 0 Å². The number of amidine groups is 1. The summed E-state index contributed by atoms with van der Waals surface area (Å²) >= 11 is 0. The predicted octanol–water partition coefficient (Wildman–Crippen LogP) is 0.278. The number of nitrogens with zero attached hydrogens (tertiary/aromatic N) is 1. The third-order valence-corrected chi connectivity index (χ3v) is 1.72. The molecule has 0 unspecified atom stereocenters. The Balaban J connectivity index is 3.64. The van der Waals surface area contributed by atoms with Crippen molar-refractivity contribution in [3.8, 4) is 0 Å². The van der Waals surface area contributed by atoms with Gasteiger partial charge in [-0.3, -0.25) is 9.79 Å². The molecule has 0 heterocycles. The minimum Gasteiger partial charge on any atom is -0.480 e. The van der Waals surface area contributed by atoms with Gasteiger partial charge in [0.25, 0.3) is 0 Å². The van der Waals surface area contributed by atoms with E-state index in [2.05, 4.69) is 11.6 Å². The smallest absolute Gasteiger partial charge is 0.320 e. The Kier molecular flexibility index (Phi) is 6.92. The summed E-state index contributed by atoms with van der Waals surface area (Å²) in [6.45, 7) is 3.93.